The van der Waals surface area contributed by atoms with Crippen molar-refractivity contribution >= 4 is 21.6 Å². The van der Waals surface area contributed by atoms with Gasteiger partial charge in [-0.15, -0.1) is 0 Å². The van der Waals surface area contributed by atoms with Gasteiger partial charge in [0.15, 0.2) is 11.5 Å². The molecule has 0 spiro atoms. The molecule has 1 aromatic carbocycles. The Kier molecular flexibility index (Phi) is 1.94. The van der Waals surface area contributed by atoms with Crippen LogP contribution in [-0.2, 0) is 6.18 Å². The van der Waals surface area contributed by atoms with Gasteiger partial charge in [-0.05, 0) is 15.9 Å². The van der Waals surface area contributed by atoms with E-state index in [-0.39, 0.29) is 16.0 Å². The summed E-state index contributed by atoms with van der Waals surface area (Å²) in [5.74, 6) is -0.462. The van der Waals surface area contributed by atoms with Crippen LogP contribution in [0.1, 0.15) is 5.56 Å². The third-order valence-electron chi connectivity index (χ3n) is 1.82. The summed E-state index contributed by atoms with van der Waals surface area (Å²) < 4.78 is 41.5. The molecule has 2 rings (SSSR count). The molecular weight excluding hydrogens is 283 g/mol. The molecule has 0 radical (unpaired) electrons. The van der Waals surface area contributed by atoms with Crippen LogP contribution < -0.4 is 4.74 Å². The highest BCUT2D eigenvalue weighted by Gasteiger charge is 2.45. The molecule has 1 aliphatic rings. The van der Waals surface area contributed by atoms with Gasteiger partial charge in [-0.2, -0.15) is 13.2 Å². The summed E-state index contributed by atoms with van der Waals surface area (Å²) >= 11 is 2.80. The second kappa shape index (κ2) is 2.84. The highest BCUT2D eigenvalue weighted by atomic mass is 79.9. The van der Waals surface area contributed by atoms with Gasteiger partial charge in [-0.1, -0.05) is 0 Å². The van der Waals surface area contributed by atoms with Crippen molar-refractivity contribution in [3.05, 3.63) is 26.2 Å². The van der Waals surface area contributed by atoms with E-state index in [4.69, 9.17) is 0 Å². The van der Waals surface area contributed by atoms with Crippen LogP contribution in [0.15, 0.2) is 10.5 Å². The minimum Gasteiger partial charge on any atom is -0.447 e. The fourth-order valence-electron chi connectivity index (χ4n) is 1.12. The van der Waals surface area contributed by atoms with Gasteiger partial charge in [0.2, 0.25) is 0 Å². The third kappa shape index (κ3) is 1.54. The number of alkyl halides is 3. The van der Waals surface area contributed by atoms with Crippen LogP contribution in [0.2, 0.25) is 0 Å². The highest BCUT2D eigenvalue weighted by molar-refractivity contribution is 9.10. The lowest BCUT2D eigenvalue weighted by Crippen LogP contribution is -2.04. The summed E-state index contributed by atoms with van der Waals surface area (Å²) in [7, 11) is 0. The molecule has 0 atom stereocenters. The first kappa shape index (κ1) is 10.2. The van der Waals surface area contributed by atoms with Crippen molar-refractivity contribution in [2.24, 2.45) is 0 Å². The lowest BCUT2D eigenvalue weighted by molar-refractivity contribution is -0.385. The van der Waals surface area contributed by atoms with Gasteiger partial charge in [-0.3, -0.25) is 10.1 Å². The SMILES string of the molecule is O=[N+]([O-])c1cc(C(F)(F)F)c2c(c1Br)O2. The number of ether oxygens (including phenoxy) is 1. The molecule has 0 saturated carbocycles. The topological polar surface area (TPSA) is 55.7 Å². The van der Waals surface area contributed by atoms with Crippen LogP contribution in [0.5, 0.6) is 11.5 Å². The van der Waals surface area contributed by atoms with Crippen LogP contribution in [-0.4, -0.2) is 4.92 Å². The minimum atomic E-state index is -4.65. The number of nitrogens with zero attached hydrogens (tertiary/aromatic N) is 1. The summed E-state index contributed by atoms with van der Waals surface area (Å²) in [4.78, 5) is 9.53. The van der Waals surface area contributed by atoms with Crippen molar-refractivity contribution in [3.8, 4) is 11.5 Å². The summed E-state index contributed by atoms with van der Waals surface area (Å²) in [6.07, 6.45) is -4.65. The molecule has 1 aromatic rings. The van der Waals surface area contributed by atoms with Gasteiger partial charge >= 0.3 is 6.18 Å². The van der Waals surface area contributed by atoms with Gasteiger partial charge in [0.25, 0.3) is 5.69 Å². The van der Waals surface area contributed by atoms with E-state index in [2.05, 4.69) is 20.7 Å². The minimum absolute atomic E-state index is 0.0597. The predicted octanol–water partition coefficient (Wildman–Crippen LogP) is 3.48. The molecule has 1 heterocycles. The number of fused-ring (bicyclic) bond motifs is 1. The largest absolute Gasteiger partial charge is 0.447 e. The number of halogens is 4. The molecule has 15 heavy (non-hydrogen) atoms. The average molecular weight is 284 g/mol. The molecule has 4 nitrogen and oxygen atoms in total. The van der Waals surface area contributed by atoms with Crippen LogP contribution in [0.4, 0.5) is 18.9 Å². The van der Waals surface area contributed by atoms with E-state index in [0.29, 0.717) is 6.07 Å². The maximum atomic E-state index is 12.3. The summed E-state index contributed by atoms with van der Waals surface area (Å²) in [6, 6.07) is 0.454. The van der Waals surface area contributed by atoms with Crippen LogP contribution >= 0.6 is 15.9 Å². The summed E-state index contributed by atoms with van der Waals surface area (Å²) in [5, 5.41) is 10.4. The Hall–Kier alpha value is -1.31. The fraction of sp³-hybridized carbons (Fsp3) is 0.143. The van der Waals surface area contributed by atoms with Gasteiger partial charge in [0.1, 0.15) is 10.0 Å². The monoisotopic (exact) mass is 283 g/mol. The number of hydrogen-bond donors (Lipinski definition) is 0. The normalized spacial score (nSPS) is 13.1. The van der Waals surface area contributed by atoms with Crippen molar-refractivity contribution in [2.75, 3.05) is 0 Å². The summed E-state index contributed by atoms with van der Waals surface area (Å²) in [5.41, 5.74) is -1.77. The number of hydrogen-bond acceptors (Lipinski definition) is 3. The second-order valence-corrected chi connectivity index (χ2v) is 3.57. The molecule has 0 N–H and O–H groups in total. The molecule has 0 aliphatic carbocycles. The average Bonchev–Trinajstić information content (AvgIpc) is 2.81. The Morgan fingerprint density at radius 1 is 1.40 bits per heavy atom. The molecule has 80 valence electrons. The lowest BCUT2D eigenvalue weighted by atomic mass is 10.2. The molecule has 0 unspecified atom stereocenters. The van der Waals surface area contributed by atoms with Crippen molar-refractivity contribution in [1.82, 2.24) is 0 Å². The first-order valence-corrected chi connectivity index (χ1v) is 4.37. The smallest absolute Gasteiger partial charge is 0.420 e. The summed E-state index contributed by atoms with van der Waals surface area (Å²) in [6.45, 7) is 0. The quantitative estimate of drug-likeness (QED) is 0.457. The van der Waals surface area contributed by atoms with Crippen molar-refractivity contribution in [1.29, 1.82) is 0 Å². The van der Waals surface area contributed by atoms with Crippen molar-refractivity contribution in [2.45, 2.75) is 6.18 Å². The maximum Gasteiger partial charge on any atom is 0.420 e. The van der Waals surface area contributed by atoms with E-state index in [1.54, 1.807) is 0 Å². The molecule has 0 aromatic heterocycles. The van der Waals surface area contributed by atoms with Gasteiger partial charge in [0, 0.05) is 6.07 Å². The molecular formula is C7HBrF3NO3. The maximum absolute atomic E-state index is 12.3. The van der Waals surface area contributed by atoms with Crippen LogP contribution in [0, 0.1) is 10.1 Å². The molecule has 1 aliphatic heterocycles. The molecule has 0 bridgehead atoms. The molecule has 0 fully saturated rings. The third-order valence-corrected chi connectivity index (χ3v) is 2.59. The number of nitro benzene ring substituents is 1. The van der Waals surface area contributed by atoms with E-state index in [1.165, 1.54) is 0 Å². The Bertz CT molecular complexity index is 472. The Balaban J connectivity index is 2.63. The molecule has 0 saturated heterocycles. The highest BCUT2D eigenvalue weighted by Crippen LogP contribution is 2.59. The van der Waals surface area contributed by atoms with Crippen molar-refractivity contribution in [3.63, 3.8) is 0 Å². The van der Waals surface area contributed by atoms with E-state index < -0.39 is 22.4 Å². The zero-order valence-electron chi connectivity index (χ0n) is 6.76. The molecule has 0 amide bonds. The van der Waals surface area contributed by atoms with Gasteiger partial charge < -0.3 is 4.74 Å². The Labute approximate surface area is 88.9 Å². The fourth-order valence-corrected chi connectivity index (χ4v) is 1.64. The van der Waals surface area contributed by atoms with Crippen LogP contribution in [0.3, 0.4) is 0 Å². The van der Waals surface area contributed by atoms with Crippen molar-refractivity contribution < 1.29 is 22.8 Å². The van der Waals surface area contributed by atoms with Gasteiger partial charge in [0.05, 0.1) is 4.92 Å². The standard InChI is InChI=1S/C7HBrF3NO3/c8-4-3(12(13)14)1-2(7(9,10)11)5-6(4)15-5/h1H. The number of nitro groups is 1. The van der Waals surface area contributed by atoms with E-state index >= 15 is 0 Å². The number of rotatable bonds is 1. The Morgan fingerprint density at radius 2 is 2.00 bits per heavy atom. The first-order valence-electron chi connectivity index (χ1n) is 3.58. The zero-order valence-corrected chi connectivity index (χ0v) is 8.35. The van der Waals surface area contributed by atoms with E-state index in [0.717, 1.165) is 0 Å². The van der Waals surface area contributed by atoms with E-state index in [9.17, 15) is 23.3 Å². The van der Waals surface area contributed by atoms with Crippen LogP contribution in [0.25, 0.3) is 0 Å². The second-order valence-electron chi connectivity index (χ2n) is 2.77. The predicted molar refractivity (Wildman–Crippen MR) is 45.9 cm³/mol. The first-order chi connectivity index (χ1) is 6.82. The van der Waals surface area contributed by atoms with Gasteiger partial charge in [-0.25, -0.2) is 0 Å². The van der Waals surface area contributed by atoms with E-state index in [1.807, 2.05) is 0 Å². The zero-order chi connectivity index (χ0) is 11.4. The molecule has 8 heteroatoms. The Morgan fingerprint density at radius 3 is 2.47 bits per heavy atom. The lowest BCUT2D eigenvalue weighted by Gasteiger charge is -2.03. The number of benzene rings is 1.